The van der Waals surface area contributed by atoms with Gasteiger partial charge in [0.1, 0.15) is 17.3 Å². The number of carbonyl (C=O) groups is 3. The van der Waals surface area contributed by atoms with E-state index in [2.05, 4.69) is 41.9 Å². The number of anilines is 1. The van der Waals surface area contributed by atoms with E-state index in [0.717, 1.165) is 97.4 Å². The normalized spacial score (nSPS) is 15.2. The Labute approximate surface area is 319 Å². The second-order valence-electron chi connectivity index (χ2n) is 14.1. The van der Waals surface area contributed by atoms with Crippen LogP contribution in [-0.2, 0) is 40.1 Å². The highest BCUT2D eigenvalue weighted by Gasteiger charge is 2.33. The number of benzene rings is 3. The van der Waals surface area contributed by atoms with Crippen LogP contribution in [0.4, 0.5) is 5.69 Å². The number of aromatic nitrogens is 2. The number of amides is 1. The van der Waals surface area contributed by atoms with Gasteiger partial charge in [0.05, 0.1) is 26.1 Å². The number of methoxy groups -OCH3 is 2. The quantitative estimate of drug-likeness (QED) is 0.0923. The minimum Gasteiger partial charge on any atom is -0.497 e. The van der Waals surface area contributed by atoms with Crippen molar-refractivity contribution in [3.05, 3.63) is 106 Å². The first-order valence-corrected chi connectivity index (χ1v) is 19.4. The van der Waals surface area contributed by atoms with E-state index in [1.807, 2.05) is 68.6 Å². The highest BCUT2D eigenvalue weighted by molar-refractivity contribution is 6.03. The number of rotatable bonds is 15. The second kappa shape index (κ2) is 18.7. The van der Waals surface area contributed by atoms with Gasteiger partial charge in [0.15, 0.2) is 0 Å². The lowest BCUT2D eigenvalue weighted by molar-refractivity contribution is -0.144. The van der Waals surface area contributed by atoms with E-state index in [4.69, 9.17) is 14.5 Å². The zero-order chi connectivity index (χ0) is 38.8. The van der Waals surface area contributed by atoms with E-state index in [0.29, 0.717) is 12.1 Å². The van der Waals surface area contributed by atoms with E-state index in [9.17, 15) is 19.5 Å². The van der Waals surface area contributed by atoms with Crippen LogP contribution in [0.2, 0.25) is 0 Å². The fraction of sp³-hybridized carbons (Fsp3) is 0.422. The number of aryl methyl sites for hydroxylation is 3. The van der Waals surface area contributed by atoms with Gasteiger partial charge in [-0.25, -0.2) is 4.98 Å². The number of fused-ring (bicyclic) bond motifs is 2. The molecule has 2 aliphatic carbocycles. The van der Waals surface area contributed by atoms with Gasteiger partial charge in [0.2, 0.25) is 0 Å². The van der Waals surface area contributed by atoms with Crippen molar-refractivity contribution in [1.29, 1.82) is 0 Å². The lowest BCUT2D eigenvalue weighted by Crippen LogP contribution is -2.19. The molecule has 54 heavy (non-hydrogen) atoms. The summed E-state index contributed by atoms with van der Waals surface area (Å²) in [7, 11) is 3.10. The fourth-order valence-electron chi connectivity index (χ4n) is 7.78. The van der Waals surface area contributed by atoms with Crippen molar-refractivity contribution in [1.82, 2.24) is 9.55 Å². The Kier molecular flexibility index (Phi) is 13.9. The summed E-state index contributed by atoms with van der Waals surface area (Å²) >= 11 is 0. The molecule has 1 heterocycles. The smallest absolute Gasteiger partial charge is 0.313 e. The van der Waals surface area contributed by atoms with Crippen molar-refractivity contribution in [3.8, 4) is 17.1 Å². The van der Waals surface area contributed by atoms with Crippen molar-refractivity contribution < 1.29 is 29.0 Å². The number of carboxylic acid groups (broad SMARTS) is 1. The number of hydrogen-bond acceptors (Lipinski definition) is 6. The third-order valence-corrected chi connectivity index (χ3v) is 10.8. The van der Waals surface area contributed by atoms with Gasteiger partial charge in [-0.1, -0.05) is 76.9 Å². The SMILES string of the molecule is CCC(C(=O)OC)C1=CCc2cc(OC)ccc21.CCCCCn1cc(C(=O)Nc2ccc(CC)cc2)nc1-c1ccc2c(c1)CCC2C(CC)C(=O)O. The van der Waals surface area contributed by atoms with Crippen LogP contribution in [0, 0.1) is 11.8 Å². The minimum atomic E-state index is -0.717. The van der Waals surface area contributed by atoms with Crippen molar-refractivity contribution in [2.75, 3.05) is 19.5 Å². The number of unbranched alkanes of at least 4 members (excludes halogenated alkanes) is 2. The summed E-state index contributed by atoms with van der Waals surface area (Å²) in [4.78, 5) is 41.4. The molecular formula is C45H55N3O6. The molecule has 6 rings (SSSR count). The van der Waals surface area contributed by atoms with Crippen LogP contribution < -0.4 is 10.1 Å². The standard InChI is InChI=1S/C30H37N3O3.C15H18O3/c1-4-7-8-17-33-19-27(29(34)31-23-13-9-20(5-2)10-14-23)32-28(33)22-12-15-25-21(18-22)11-16-26(25)24(6-3)30(35)36;1-4-12(15(16)18-3)14-7-5-10-9-11(17-2)6-8-13(10)14/h9-10,12-15,18-19,24,26H,4-8,11,16-17H2,1-3H3,(H,31,34)(H,35,36);6-9,12H,4-5H2,1-3H3. The number of nitrogens with zero attached hydrogens (tertiary/aromatic N) is 2. The molecule has 9 nitrogen and oxygen atoms in total. The number of hydrogen-bond donors (Lipinski definition) is 2. The molecule has 1 aromatic heterocycles. The molecule has 1 amide bonds. The van der Waals surface area contributed by atoms with E-state index in [1.165, 1.54) is 23.8 Å². The van der Waals surface area contributed by atoms with Gasteiger partial charge < -0.3 is 24.5 Å². The Morgan fingerprint density at radius 3 is 2.37 bits per heavy atom. The van der Waals surface area contributed by atoms with Gasteiger partial charge in [0.25, 0.3) is 5.91 Å². The monoisotopic (exact) mass is 733 g/mol. The third-order valence-electron chi connectivity index (χ3n) is 10.8. The summed E-state index contributed by atoms with van der Waals surface area (Å²) in [5, 5.41) is 12.6. The molecule has 286 valence electrons. The number of imidazole rings is 1. The van der Waals surface area contributed by atoms with E-state index in [1.54, 1.807) is 7.11 Å². The van der Waals surface area contributed by atoms with Crippen molar-refractivity contribution in [2.24, 2.45) is 11.8 Å². The van der Waals surface area contributed by atoms with Crippen LogP contribution >= 0.6 is 0 Å². The number of carbonyl (C=O) groups excluding carboxylic acids is 2. The summed E-state index contributed by atoms with van der Waals surface area (Å²) in [5.74, 6) is 0.0888. The van der Waals surface area contributed by atoms with Gasteiger partial charge >= 0.3 is 11.9 Å². The summed E-state index contributed by atoms with van der Waals surface area (Å²) in [5.41, 5.74) is 9.14. The number of esters is 1. The minimum absolute atomic E-state index is 0.0567. The molecule has 0 fully saturated rings. The topological polar surface area (TPSA) is 120 Å². The summed E-state index contributed by atoms with van der Waals surface area (Å²) in [6.07, 6.45) is 12.1. The molecule has 3 unspecified atom stereocenters. The molecule has 2 aliphatic rings. The lowest BCUT2D eigenvalue weighted by Gasteiger charge is -2.19. The number of nitrogens with one attached hydrogen (secondary N) is 1. The summed E-state index contributed by atoms with van der Waals surface area (Å²) in [6.45, 7) is 9.03. The molecule has 4 aromatic rings. The Hall–Kier alpha value is -5.18. The molecule has 0 radical (unpaired) electrons. The number of ether oxygens (including phenoxy) is 2. The zero-order valence-corrected chi connectivity index (χ0v) is 32.6. The van der Waals surface area contributed by atoms with Crippen LogP contribution in [0.25, 0.3) is 17.0 Å². The molecule has 3 atom stereocenters. The fourth-order valence-corrected chi connectivity index (χ4v) is 7.78. The zero-order valence-electron chi connectivity index (χ0n) is 32.6. The molecule has 3 aromatic carbocycles. The van der Waals surface area contributed by atoms with E-state index < -0.39 is 5.97 Å². The Bertz CT molecular complexity index is 1960. The number of carboxylic acids is 1. The predicted molar refractivity (Wildman–Crippen MR) is 214 cm³/mol. The van der Waals surface area contributed by atoms with Crippen LogP contribution in [0.15, 0.2) is 72.9 Å². The van der Waals surface area contributed by atoms with Gasteiger partial charge in [0, 0.05) is 24.0 Å². The number of aliphatic carboxylic acids is 1. The van der Waals surface area contributed by atoms with Gasteiger partial charge in [-0.05, 0) is 115 Å². The number of allylic oxidation sites excluding steroid dienone is 1. The van der Waals surface area contributed by atoms with Crippen molar-refractivity contribution in [3.63, 3.8) is 0 Å². The van der Waals surface area contributed by atoms with Gasteiger partial charge in [-0.2, -0.15) is 0 Å². The predicted octanol–water partition coefficient (Wildman–Crippen LogP) is 9.53. The first-order valence-electron chi connectivity index (χ1n) is 19.4. The first kappa shape index (κ1) is 40.0. The van der Waals surface area contributed by atoms with Crippen LogP contribution in [0.1, 0.15) is 110 Å². The average Bonchev–Trinajstić information content (AvgIpc) is 3.93. The van der Waals surface area contributed by atoms with E-state index >= 15 is 0 Å². The Balaban J connectivity index is 0.000000260. The van der Waals surface area contributed by atoms with Gasteiger partial charge in [-0.15, -0.1) is 0 Å². The largest absolute Gasteiger partial charge is 0.497 e. The highest BCUT2D eigenvalue weighted by atomic mass is 16.5. The van der Waals surface area contributed by atoms with Crippen LogP contribution in [-0.4, -0.2) is 46.7 Å². The molecule has 0 saturated heterocycles. The van der Waals surface area contributed by atoms with Crippen LogP contribution in [0.3, 0.4) is 0 Å². The highest BCUT2D eigenvalue weighted by Crippen LogP contribution is 2.41. The molecular weight excluding hydrogens is 679 g/mol. The first-order chi connectivity index (χ1) is 26.1. The van der Waals surface area contributed by atoms with Crippen LogP contribution in [0.5, 0.6) is 5.75 Å². The summed E-state index contributed by atoms with van der Waals surface area (Å²) < 4.78 is 12.2. The van der Waals surface area contributed by atoms with Gasteiger partial charge in [-0.3, -0.25) is 14.4 Å². The summed E-state index contributed by atoms with van der Waals surface area (Å²) in [6, 6.07) is 20.1. The maximum absolute atomic E-state index is 13.1. The third kappa shape index (κ3) is 9.12. The average molecular weight is 734 g/mol. The molecule has 2 N–H and O–H groups in total. The maximum Gasteiger partial charge on any atom is 0.313 e. The van der Waals surface area contributed by atoms with E-state index in [-0.39, 0.29) is 29.6 Å². The molecule has 0 saturated carbocycles. The van der Waals surface area contributed by atoms with Crippen molar-refractivity contribution in [2.45, 2.75) is 97.9 Å². The molecule has 0 spiro atoms. The lowest BCUT2D eigenvalue weighted by atomic mass is 9.85. The van der Waals surface area contributed by atoms with Crippen molar-refractivity contribution >= 4 is 29.1 Å². The molecule has 0 aliphatic heterocycles. The second-order valence-corrected chi connectivity index (χ2v) is 14.1. The molecule has 0 bridgehead atoms. The maximum atomic E-state index is 13.1. The Morgan fingerprint density at radius 1 is 0.944 bits per heavy atom. The molecule has 9 heteroatoms. The Morgan fingerprint density at radius 2 is 1.72 bits per heavy atom.